The van der Waals surface area contributed by atoms with Crippen molar-refractivity contribution in [3.63, 3.8) is 0 Å². The highest BCUT2D eigenvalue weighted by Crippen LogP contribution is 2.06. The van der Waals surface area contributed by atoms with Gasteiger partial charge in [0, 0.05) is 17.8 Å². The first kappa shape index (κ1) is 13.1. The highest BCUT2D eigenvalue weighted by atomic mass is 16.1. The Morgan fingerprint density at radius 3 is 2.74 bits per heavy atom. The van der Waals surface area contributed by atoms with Gasteiger partial charge in [0.15, 0.2) is 0 Å². The Kier molecular flexibility index (Phi) is 4.56. The van der Waals surface area contributed by atoms with Gasteiger partial charge >= 0.3 is 0 Å². The number of carbonyl (C=O) groups is 1. The molecule has 0 saturated heterocycles. The van der Waals surface area contributed by atoms with Crippen LogP contribution in [0.25, 0.3) is 0 Å². The van der Waals surface area contributed by atoms with Crippen molar-refractivity contribution in [3.8, 4) is 0 Å². The molecule has 0 bridgehead atoms. The summed E-state index contributed by atoms with van der Waals surface area (Å²) in [5, 5.41) is 2.88. The first-order chi connectivity index (χ1) is 9.25. The third kappa shape index (κ3) is 4.14. The molecule has 0 spiro atoms. The van der Waals surface area contributed by atoms with Gasteiger partial charge in [-0.2, -0.15) is 0 Å². The number of benzene rings is 2. The molecule has 3 heteroatoms. The molecule has 19 heavy (non-hydrogen) atoms. The third-order valence-corrected chi connectivity index (χ3v) is 2.84. The summed E-state index contributed by atoms with van der Waals surface area (Å²) in [5.41, 5.74) is 8.01. The molecular weight excluding hydrogens is 236 g/mol. The molecule has 3 N–H and O–H groups in total. The van der Waals surface area contributed by atoms with Gasteiger partial charge in [-0.05, 0) is 42.7 Å². The number of carbonyl (C=O) groups excluding carboxylic acids is 1. The summed E-state index contributed by atoms with van der Waals surface area (Å²) in [7, 11) is 0. The SMILES string of the molecule is Nc1c[c]cc(C(=O)NCCCc2ccccc2)c1. The van der Waals surface area contributed by atoms with E-state index in [0.29, 0.717) is 17.8 Å². The normalized spacial score (nSPS) is 10.1. The van der Waals surface area contributed by atoms with Crippen LogP contribution in [0.3, 0.4) is 0 Å². The highest BCUT2D eigenvalue weighted by Gasteiger charge is 2.04. The molecule has 97 valence electrons. The summed E-state index contributed by atoms with van der Waals surface area (Å²) >= 11 is 0. The average molecular weight is 253 g/mol. The van der Waals surface area contributed by atoms with Crippen molar-refractivity contribution in [2.45, 2.75) is 12.8 Å². The maximum absolute atomic E-state index is 11.8. The Hall–Kier alpha value is -2.29. The maximum atomic E-state index is 11.8. The number of hydrogen-bond acceptors (Lipinski definition) is 2. The molecule has 0 aliphatic heterocycles. The molecule has 3 nitrogen and oxygen atoms in total. The van der Waals surface area contributed by atoms with E-state index in [9.17, 15) is 4.79 Å². The van der Waals surface area contributed by atoms with Crippen molar-refractivity contribution >= 4 is 11.6 Å². The number of nitrogens with two attached hydrogens (primary N) is 1. The van der Waals surface area contributed by atoms with Gasteiger partial charge in [-0.15, -0.1) is 0 Å². The van der Waals surface area contributed by atoms with E-state index in [2.05, 4.69) is 23.5 Å². The summed E-state index contributed by atoms with van der Waals surface area (Å²) in [6.07, 6.45) is 1.88. The molecule has 0 aromatic heterocycles. The zero-order chi connectivity index (χ0) is 13.5. The molecule has 2 aromatic rings. The number of nitrogen functional groups attached to an aromatic ring is 1. The topological polar surface area (TPSA) is 55.1 Å². The lowest BCUT2D eigenvalue weighted by atomic mass is 10.1. The van der Waals surface area contributed by atoms with Crippen LogP contribution in [0.4, 0.5) is 5.69 Å². The zero-order valence-corrected chi connectivity index (χ0v) is 10.7. The van der Waals surface area contributed by atoms with E-state index in [0.717, 1.165) is 12.8 Å². The molecule has 1 amide bonds. The number of rotatable bonds is 5. The number of amides is 1. The Labute approximate surface area is 113 Å². The van der Waals surface area contributed by atoms with Crippen molar-refractivity contribution in [3.05, 3.63) is 65.7 Å². The lowest BCUT2D eigenvalue weighted by Gasteiger charge is -2.06. The molecule has 1 radical (unpaired) electrons. The summed E-state index contributed by atoms with van der Waals surface area (Å²) < 4.78 is 0. The van der Waals surface area contributed by atoms with Gasteiger partial charge in [0.2, 0.25) is 0 Å². The quantitative estimate of drug-likeness (QED) is 0.635. The van der Waals surface area contributed by atoms with E-state index >= 15 is 0 Å². The zero-order valence-electron chi connectivity index (χ0n) is 10.7. The van der Waals surface area contributed by atoms with Crippen molar-refractivity contribution in [2.24, 2.45) is 0 Å². The van der Waals surface area contributed by atoms with E-state index in [1.54, 1.807) is 18.2 Å². The standard InChI is InChI=1S/C16H17N2O/c17-15-10-4-9-14(12-15)16(19)18-11-5-8-13-6-2-1-3-7-13/h1-3,6-7,9-10,12H,5,8,11,17H2,(H,18,19). The summed E-state index contributed by atoms with van der Waals surface area (Å²) in [4.78, 5) is 11.8. The summed E-state index contributed by atoms with van der Waals surface area (Å²) in [5.74, 6) is -0.100. The Balaban J connectivity index is 1.75. The molecule has 0 heterocycles. The van der Waals surface area contributed by atoms with Gasteiger partial charge < -0.3 is 11.1 Å². The minimum absolute atomic E-state index is 0.100. The van der Waals surface area contributed by atoms with E-state index in [1.165, 1.54) is 5.56 Å². The maximum Gasteiger partial charge on any atom is 0.251 e. The minimum atomic E-state index is -0.100. The fourth-order valence-corrected chi connectivity index (χ4v) is 1.86. The first-order valence-corrected chi connectivity index (χ1v) is 6.34. The van der Waals surface area contributed by atoms with Gasteiger partial charge in [0.1, 0.15) is 0 Å². The van der Waals surface area contributed by atoms with E-state index < -0.39 is 0 Å². The van der Waals surface area contributed by atoms with Gasteiger partial charge in [-0.1, -0.05) is 30.3 Å². The van der Waals surface area contributed by atoms with Crippen molar-refractivity contribution in [1.29, 1.82) is 0 Å². The highest BCUT2D eigenvalue weighted by molar-refractivity contribution is 5.94. The first-order valence-electron chi connectivity index (χ1n) is 6.34. The van der Waals surface area contributed by atoms with Crippen LogP contribution in [0.15, 0.2) is 48.5 Å². The van der Waals surface area contributed by atoms with Crippen molar-refractivity contribution in [2.75, 3.05) is 12.3 Å². The van der Waals surface area contributed by atoms with E-state index in [1.807, 2.05) is 18.2 Å². The Bertz CT molecular complexity index is 537. The van der Waals surface area contributed by atoms with Crippen LogP contribution in [0.1, 0.15) is 22.3 Å². The van der Waals surface area contributed by atoms with Crippen LogP contribution in [0.5, 0.6) is 0 Å². The van der Waals surface area contributed by atoms with Crippen LogP contribution in [0.2, 0.25) is 0 Å². The third-order valence-electron chi connectivity index (χ3n) is 2.84. The number of anilines is 1. The Morgan fingerprint density at radius 2 is 2.00 bits per heavy atom. The summed E-state index contributed by atoms with van der Waals surface area (Å²) in [6.45, 7) is 0.655. The number of hydrogen-bond donors (Lipinski definition) is 2. The van der Waals surface area contributed by atoms with E-state index in [-0.39, 0.29) is 5.91 Å². The predicted molar refractivity (Wildman–Crippen MR) is 76.8 cm³/mol. The molecule has 0 aliphatic rings. The van der Waals surface area contributed by atoms with Crippen LogP contribution in [0, 0.1) is 6.07 Å². The van der Waals surface area contributed by atoms with Crippen LogP contribution in [-0.2, 0) is 6.42 Å². The molecule has 0 atom stereocenters. The lowest BCUT2D eigenvalue weighted by molar-refractivity contribution is 0.0953. The summed E-state index contributed by atoms with van der Waals surface area (Å²) in [6, 6.07) is 18.0. The minimum Gasteiger partial charge on any atom is -0.399 e. The van der Waals surface area contributed by atoms with Crippen molar-refractivity contribution in [1.82, 2.24) is 5.32 Å². The fourth-order valence-electron chi connectivity index (χ4n) is 1.86. The molecule has 0 aliphatic carbocycles. The number of aryl methyl sites for hydroxylation is 1. The molecular formula is C16H17N2O. The van der Waals surface area contributed by atoms with Crippen LogP contribution >= 0.6 is 0 Å². The second-order valence-electron chi connectivity index (χ2n) is 4.40. The molecule has 0 unspecified atom stereocenters. The number of nitrogens with one attached hydrogen (secondary N) is 1. The lowest BCUT2D eigenvalue weighted by Crippen LogP contribution is -2.24. The molecule has 2 rings (SSSR count). The van der Waals surface area contributed by atoms with Gasteiger partial charge in [0.05, 0.1) is 0 Å². The van der Waals surface area contributed by atoms with Gasteiger partial charge in [-0.3, -0.25) is 4.79 Å². The average Bonchev–Trinajstić information content (AvgIpc) is 2.44. The molecule has 0 saturated carbocycles. The molecule has 0 fully saturated rings. The second kappa shape index (κ2) is 6.59. The van der Waals surface area contributed by atoms with Crippen LogP contribution in [-0.4, -0.2) is 12.5 Å². The van der Waals surface area contributed by atoms with E-state index in [4.69, 9.17) is 5.73 Å². The van der Waals surface area contributed by atoms with Gasteiger partial charge in [0.25, 0.3) is 5.91 Å². The molecule has 2 aromatic carbocycles. The smallest absolute Gasteiger partial charge is 0.251 e. The van der Waals surface area contributed by atoms with Crippen LogP contribution < -0.4 is 11.1 Å². The van der Waals surface area contributed by atoms with Gasteiger partial charge in [-0.25, -0.2) is 0 Å². The predicted octanol–water partition coefficient (Wildman–Crippen LogP) is 2.43. The second-order valence-corrected chi connectivity index (χ2v) is 4.40. The monoisotopic (exact) mass is 253 g/mol. The Morgan fingerprint density at radius 1 is 1.21 bits per heavy atom. The fraction of sp³-hybridized carbons (Fsp3) is 0.188. The van der Waals surface area contributed by atoms with Crippen molar-refractivity contribution < 1.29 is 4.79 Å². The largest absolute Gasteiger partial charge is 0.399 e.